The number of ether oxygens (including phenoxy) is 3. The SMILES string of the molecule is CCC(C)CN(CC1CO1)CC1C2CC3CC1CC(C2)C3CN(CC1CO1)CC1CO1. The Morgan fingerprint density at radius 1 is 0.645 bits per heavy atom. The minimum Gasteiger partial charge on any atom is -0.372 e. The van der Waals surface area contributed by atoms with Crippen LogP contribution in [0.1, 0.15) is 46.0 Å². The highest BCUT2D eigenvalue weighted by molar-refractivity contribution is 5.03. The Morgan fingerprint density at radius 3 is 1.42 bits per heavy atom. The molecule has 4 bridgehead atoms. The van der Waals surface area contributed by atoms with Crippen molar-refractivity contribution in [2.45, 2.75) is 64.3 Å². The number of nitrogens with zero attached hydrogens (tertiary/aromatic N) is 2. The van der Waals surface area contributed by atoms with E-state index in [-0.39, 0.29) is 0 Å². The highest BCUT2D eigenvalue weighted by atomic mass is 16.6. The van der Waals surface area contributed by atoms with E-state index >= 15 is 0 Å². The van der Waals surface area contributed by atoms with E-state index in [1.54, 1.807) is 0 Å². The highest BCUT2D eigenvalue weighted by Crippen LogP contribution is 2.59. The summed E-state index contributed by atoms with van der Waals surface area (Å²) in [5.41, 5.74) is 0. The summed E-state index contributed by atoms with van der Waals surface area (Å²) in [6.45, 7) is 15.1. The zero-order chi connectivity index (χ0) is 20.9. The maximum absolute atomic E-state index is 5.61. The first-order valence-electron chi connectivity index (χ1n) is 13.4. The molecular formula is C26H44N2O3. The van der Waals surface area contributed by atoms with E-state index in [9.17, 15) is 0 Å². The molecule has 0 aromatic carbocycles. The smallest absolute Gasteiger partial charge is 0.0936 e. The Hall–Kier alpha value is -0.200. The molecule has 3 saturated heterocycles. The molecule has 5 nitrogen and oxygen atoms in total. The molecule has 5 heteroatoms. The highest BCUT2D eigenvalue weighted by Gasteiger charge is 2.53. The molecule has 4 aliphatic carbocycles. The molecule has 7 aliphatic rings. The summed E-state index contributed by atoms with van der Waals surface area (Å²) in [7, 11) is 0. The Bertz CT molecular complexity index is 574. The van der Waals surface area contributed by atoms with Gasteiger partial charge in [0.2, 0.25) is 0 Å². The van der Waals surface area contributed by atoms with Crippen molar-refractivity contribution < 1.29 is 14.2 Å². The van der Waals surface area contributed by atoms with Crippen LogP contribution < -0.4 is 0 Å². The first-order chi connectivity index (χ1) is 15.1. The van der Waals surface area contributed by atoms with Crippen molar-refractivity contribution in [3.63, 3.8) is 0 Å². The Labute approximate surface area is 189 Å². The predicted molar refractivity (Wildman–Crippen MR) is 121 cm³/mol. The second kappa shape index (κ2) is 8.87. The molecule has 4 saturated carbocycles. The van der Waals surface area contributed by atoms with Crippen LogP contribution in [0.4, 0.5) is 0 Å². The minimum absolute atomic E-state index is 0.506. The summed E-state index contributed by atoms with van der Waals surface area (Å²) in [4.78, 5) is 5.51. The molecule has 0 radical (unpaired) electrons. The number of rotatable bonds is 13. The number of hydrogen-bond donors (Lipinski definition) is 0. The lowest BCUT2D eigenvalue weighted by atomic mass is 9.48. The van der Waals surface area contributed by atoms with Crippen molar-refractivity contribution in [3.8, 4) is 0 Å². The zero-order valence-electron chi connectivity index (χ0n) is 19.8. The first kappa shape index (κ1) is 21.3. The molecule has 7 rings (SSSR count). The van der Waals surface area contributed by atoms with Crippen molar-refractivity contribution in [3.05, 3.63) is 0 Å². The van der Waals surface area contributed by atoms with Crippen molar-refractivity contribution in [1.29, 1.82) is 0 Å². The third-order valence-corrected chi connectivity index (χ3v) is 9.64. The van der Waals surface area contributed by atoms with Gasteiger partial charge in [-0.2, -0.15) is 0 Å². The molecule has 3 aliphatic heterocycles. The monoisotopic (exact) mass is 432 g/mol. The average Bonchev–Trinajstić information content (AvgIpc) is 3.56. The van der Waals surface area contributed by atoms with Gasteiger partial charge in [-0.1, -0.05) is 20.3 Å². The summed E-state index contributed by atoms with van der Waals surface area (Å²) >= 11 is 0. The van der Waals surface area contributed by atoms with E-state index in [4.69, 9.17) is 14.2 Å². The van der Waals surface area contributed by atoms with Crippen LogP contribution in [0.5, 0.6) is 0 Å². The number of epoxide rings is 3. The van der Waals surface area contributed by atoms with Crippen LogP contribution in [0, 0.1) is 41.4 Å². The Morgan fingerprint density at radius 2 is 1.03 bits per heavy atom. The summed E-state index contributed by atoms with van der Waals surface area (Å²) in [6, 6.07) is 0. The third-order valence-electron chi connectivity index (χ3n) is 9.64. The first-order valence-corrected chi connectivity index (χ1v) is 13.4. The Kier molecular flexibility index (Phi) is 6.10. The summed E-state index contributed by atoms with van der Waals surface area (Å²) in [5.74, 6) is 6.63. The standard InChI is InChI=1S/C26H44N2O3/c1-3-17(2)8-27(9-22-14-29-22)12-25-18-4-20-6-19(25)7-21(5-18)26(20)13-28(10-23-15-30-23)11-24-16-31-24/h17-26H,3-16H2,1-2H3. The molecule has 0 aromatic rings. The zero-order valence-corrected chi connectivity index (χ0v) is 19.8. The van der Waals surface area contributed by atoms with Crippen molar-refractivity contribution in [2.24, 2.45) is 41.4 Å². The average molecular weight is 433 g/mol. The van der Waals surface area contributed by atoms with Gasteiger partial charge in [0.15, 0.2) is 0 Å². The van der Waals surface area contributed by atoms with Crippen molar-refractivity contribution >= 4 is 0 Å². The summed E-state index contributed by atoms with van der Waals surface area (Å²) < 4.78 is 16.8. The minimum atomic E-state index is 0.506. The van der Waals surface area contributed by atoms with E-state index in [0.717, 1.165) is 74.3 Å². The second-order valence-electron chi connectivity index (χ2n) is 12.1. The van der Waals surface area contributed by atoms with E-state index in [0.29, 0.717) is 18.3 Å². The van der Waals surface area contributed by atoms with Gasteiger partial charge in [-0.25, -0.2) is 0 Å². The number of hydrogen-bond acceptors (Lipinski definition) is 5. The van der Waals surface area contributed by atoms with Gasteiger partial charge in [0.1, 0.15) is 0 Å². The van der Waals surface area contributed by atoms with Gasteiger partial charge < -0.3 is 19.1 Å². The molecule has 4 atom stereocenters. The van der Waals surface area contributed by atoms with Crippen LogP contribution in [0.3, 0.4) is 0 Å². The van der Waals surface area contributed by atoms with Gasteiger partial charge >= 0.3 is 0 Å². The fourth-order valence-corrected chi connectivity index (χ4v) is 7.70. The lowest BCUT2D eigenvalue weighted by Crippen LogP contribution is -2.55. The van der Waals surface area contributed by atoms with Crippen molar-refractivity contribution in [1.82, 2.24) is 9.80 Å². The fraction of sp³-hybridized carbons (Fsp3) is 1.00. The largest absolute Gasteiger partial charge is 0.372 e. The van der Waals surface area contributed by atoms with Gasteiger partial charge in [-0.3, -0.25) is 4.90 Å². The van der Waals surface area contributed by atoms with Gasteiger partial charge in [0, 0.05) is 39.3 Å². The predicted octanol–water partition coefficient (Wildman–Crippen LogP) is 3.13. The van der Waals surface area contributed by atoms with Crippen LogP contribution in [0.15, 0.2) is 0 Å². The van der Waals surface area contributed by atoms with Gasteiger partial charge in [0.05, 0.1) is 38.1 Å². The second-order valence-corrected chi connectivity index (χ2v) is 12.1. The molecule has 0 aromatic heterocycles. The van der Waals surface area contributed by atoms with Crippen LogP contribution in [0.25, 0.3) is 0 Å². The van der Waals surface area contributed by atoms with Gasteiger partial charge in [-0.15, -0.1) is 0 Å². The fourth-order valence-electron chi connectivity index (χ4n) is 7.70. The van der Waals surface area contributed by atoms with Crippen LogP contribution in [0.2, 0.25) is 0 Å². The maximum atomic E-state index is 5.61. The molecular weight excluding hydrogens is 388 g/mol. The topological polar surface area (TPSA) is 44.1 Å². The van der Waals surface area contributed by atoms with E-state index < -0.39 is 0 Å². The van der Waals surface area contributed by atoms with Gasteiger partial charge in [0.25, 0.3) is 0 Å². The van der Waals surface area contributed by atoms with Gasteiger partial charge in [-0.05, 0) is 67.1 Å². The molecule has 3 heterocycles. The molecule has 0 amide bonds. The van der Waals surface area contributed by atoms with Crippen LogP contribution >= 0.6 is 0 Å². The summed E-state index contributed by atoms with van der Waals surface area (Å²) in [6.07, 6.45) is 8.86. The van der Waals surface area contributed by atoms with Crippen LogP contribution in [-0.4, -0.2) is 87.2 Å². The Balaban J connectivity index is 1.06. The molecule has 4 unspecified atom stereocenters. The van der Waals surface area contributed by atoms with Crippen LogP contribution in [-0.2, 0) is 14.2 Å². The summed E-state index contributed by atoms with van der Waals surface area (Å²) in [5, 5.41) is 0. The molecule has 0 spiro atoms. The lowest BCUT2D eigenvalue weighted by Gasteiger charge is -2.59. The molecule has 0 N–H and O–H groups in total. The van der Waals surface area contributed by atoms with E-state index in [2.05, 4.69) is 23.6 Å². The maximum Gasteiger partial charge on any atom is 0.0936 e. The lowest BCUT2D eigenvalue weighted by molar-refractivity contribution is -0.0971. The molecule has 31 heavy (non-hydrogen) atoms. The normalized spacial score (nSPS) is 45.5. The quantitative estimate of drug-likeness (QED) is 0.419. The van der Waals surface area contributed by atoms with E-state index in [1.807, 2.05) is 0 Å². The third kappa shape index (κ3) is 5.16. The molecule has 176 valence electrons. The van der Waals surface area contributed by atoms with Crippen molar-refractivity contribution in [2.75, 3.05) is 59.1 Å². The van der Waals surface area contributed by atoms with E-state index in [1.165, 1.54) is 58.3 Å². The molecule has 7 fully saturated rings.